The summed E-state index contributed by atoms with van der Waals surface area (Å²) in [4.78, 5) is 20.8. The summed E-state index contributed by atoms with van der Waals surface area (Å²) < 4.78 is 0.782. The first kappa shape index (κ1) is 17.8. The lowest BCUT2D eigenvalue weighted by molar-refractivity contribution is 0.102. The highest BCUT2D eigenvalue weighted by molar-refractivity contribution is 8.00. The van der Waals surface area contributed by atoms with E-state index in [1.165, 1.54) is 11.3 Å². The first-order valence-corrected chi connectivity index (χ1v) is 10.1. The zero-order chi connectivity index (χ0) is 18.6. The Bertz CT molecular complexity index is 1100. The van der Waals surface area contributed by atoms with Crippen LogP contribution in [-0.2, 0) is 5.75 Å². The molecule has 2 heterocycles. The van der Waals surface area contributed by atoms with Gasteiger partial charge in [-0.25, -0.2) is 0 Å². The van der Waals surface area contributed by atoms with Crippen molar-refractivity contribution in [2.45, 2.75) is 10.1 Å². The number of fused-ring (bicyclic) bond motifs is 1. The summed E-state index contributed by atoms with van der Waals surface area (Å²) in [7, 11) is 0. The van der Waals surface area contributed by atoms with Gasteiger partial charge in [0.05, 0.1) is 11.0 Å². The molecule has 2 aromatic heterocycles. The van der Waals surface area contributed by atoms with Crippen molar-refractivity contribution in [1.82, 2.24) is 20.2 Å². The van der Waals surface area contributed by atoms with Gasteiger partial charge in [-0.2, -0.15) is 0 Å². The van der Waals surface area contributed by atoms with E-state index in [-0.39, 0.29) is 5.91 Å². The minimum atomic E-state index is -0.257. The second-order valence-electron chi connectivity index (χ2n) is 5.50. The Morgan fingerprint density at radius 3 is 2.63 bits per heavy atom. The first-order chi connectivity index (χ1) is 13.2. The molecule has 0 aliphatic rings. The number of hydrogen-bond donors (Lipinski definition) is 1. The van der Waals surface area contributed by atoms with Crippen LogP contribution in [0.2, 0.25) is 5.02 Å². The van der Waals surface area contributed by atoms with Crippen molar-refractivity contribution in [3.05, 3.63) is 71.0 Å². The molecule has 6 nitrogen and oxygen atoms in total. The summed E-state index contributed by atoms with van der Waals surface area (Å²) in [6.07, 6.45) is 3.21. The van der Waals surface area contributed by atoms with Crippen LogP contribution in [0.25, 0.3) is 11.0 Å². The molecule has 0 aliphatic carbocycles. The average molecular weight is 414 g/mol. The lowest BCUT2D eigenvalue weighted by Gasteiger charge is -2.02. The fraction of sp³-hybridized carbons (Fsp3) is 0.0556. The molecule has 0 fully saturated rings. The molecule has 0 bridgehead atoms. The third-order valence-electron chi connectivity index (χ3n) is 3.63. The van der Waals surface area contributed by atoms with E-state index in [1.807, 2.05) is 24.3 Å². The van der Waals surface area contributed by atoms with Gasteiger partial charge in [-0.05, 0) is 35.9 Å². The van der Waals surface area contributed by atoms with Gasteiger partial charge in [0.1, 0.15) is 0 Å². The summed E-state index contributed by atoms with van der Waals surface area (Å²) in [6, 6.07) is 12.8. The molecule has 2 aromatic carbocycles. The molecule has 0 aliphatic heterocycles. The number of rotatable bonds is 5. The zero-order valence-electron chi connectivity index (χ0n) is 13.8. The summed E-state index contributed by atoms with van der Waals surface area (Å²) in [5.41, 5.74) is 3.04. The molecule has 27 heavy (non-hydrogen) atoms. The van der Waals surface area contributed by atoms with Crippen molar-refractivity contribution in [1.29, 1.82) is 0 Å². The highest BCUT2D eigenvalue weighted by Crippen LogP contribution is 2.29. The standard InChI is InChI=1S/C18H12ClN5OS2/c19-13-4-1-11(2-5-13)10-26-18-24-23-17(27-18)22-16(25)12-3-6-14-15(9-12)21-8-7-20-14/h1-9H,10H2,(H,22,23,25). The van der Waals surface area contributed by atoms with Gasteiger partial charge in [0.15, 0.2) is 4.34 Å². The molecule has 1 N–H and O–H groups in total. The molecule has 9 heteroatoms. The van der Waals surface area contributed by atoms with E-state index in [0.717, 1.165) is 21.2 Å². The third-order valence-corrected chi connectivity index (χ3v) is 5.93. The quantitative estimate of drug-likeness (QED) is 0.378. The molecular weight excluding hydrogens is 402 g/mol. The van der Waals surface area contributed by atoms with E-state index < -0.39 is 0 Å². The zero-order valence-corrected chi connectivity index (χ0v) is 16.2. The minimum absolute atomic E-state index is 0.257. The predicted octanol–water partition coefficient (Wildman–Crippen LogP) is 4.68. The minimum Gasteiger partial charge on any atom is -0.296 e. The van der Waals surface area contributed by atoms with Crippen LogP contribution in [0.4, 0.5) is 5.13 Å². The number of anilines is 1. The fourth-order valence-electron chi connectivity index (χ4n) is 2.32. The summed E-state index contributed by atoms with van der Waals surface area (Å²) in [6.45, 7) is 0. The fourth-order valence-corrected chi connectivity index (χ4v) is 4.15. The number of aromatic nitrogens is 4. The highest BCUT2D eigenvalue weighted by atomic mass is 35.5. The van der Waals surface area contributed by atoms with Gasteiger partial charge in [0, 0.05) is 28.7 Å². The Morgan fingerprint density at radius 1 is 1.04 bits per heavy atom. The van der Waals surface area contributed by atoms with Crippen molar-refractivity contribution in [3.8, 4) is 0 Å². The molecule has 134 valence electrons. The Morgan fingerprint density at radius 2 is 1.81 bits per heavy atom. The van der Waals surface area contributed by atoms with E-state index in [4.69, 9.17) is 11.6 Å². The van der Waals surface area contributed by atoms with E-state index in [2.05, 4.69) is 25.5 Å². The van der Waals surface area contributed by atoms with Crippen molar-refractivity contribution >= 4 is 56.8 Å². The van der Waals surface area contributed by atoms with Crippen LogP contribution < -0.4 is 5.32 Å². The third kappa shape index (κ3) is 4.41. The summed E-state index contributed by atoms with van der Waals surface area (Å²) in [5, 5.41) is 12.1. The molecule has 0 radical (unpaired) electrons. The lowest BCUT2D eigenvalue weighted by atomic mass is 10.2. The molecule has 0 saturated heterocycles. The second kappa shape index (κ2) is 7.99. The second-order valence-corrected chi connectivity index (χ2v) is 8.14. The molecule has 4 rings (SSSR count). The van der Waals surface area contributed by atoms with Gasteiger partial charge in [0.25, 0.3) is 5.91 Å². The van der Waals surface area contributed by atoms with Crippen molar-refractivity contribution in [3.63, 3.8) is 0 Å². The molecular formula is C18H12ClN5OS2. The van der Waals surface area contributed by atoms with Crippen molar-refractivity contribution in [2.24, 2.45) is 0 Å². The molecule has 1 amide bonds. The molecule has 0 atom stereocenters. The van der Waals surface area contributed by atoms with Crippen LogP contribution in [0.3, 0.4) is 0 Å². The molecule has 0 saturated carbocycles. The molecule has 4 aromatic rings. The van der Waals surface area contributed by atoms with Crippen LogP contribution in [0.5, 0.6) is 0 Å². The maximum atomic E-state index is 12.4. The van der Waals surface area contributed by atoms with Gasteiger partial charge in [0.2, 0.25) is 5.13 Å². The Hall–Kier alpha value is -2.55. The van der Waals surface area contributed by atoms with Crippen LogP contribution in [0.15, 0.2) is 59.2 Å². The normalized spacial score (nSPS) is 10.9. The monoisotopic (exact) mass is 413 g/mol. The smallest absolute Gasteiger partial charge is 0.257 e. The Labute approximate surface area is 168 Å². The number of hydrogen-bond acceptors (Lipinski definition) is 7. The topological polar surface area (TPSA) is 80.7 Å². The van der Waals surface area contributed by atoms with Gasteiger partial charge in [-0.15, -0.1) is 10.2 Å². The largest absolute Gasteiger partial charge is 0.296 e. The lowest BCUT2D eigenvalue weighted by Crippen LogP contribution is -2.11. The maximum Gasteiger partial charge on any atom is 0.257 e. The van der Waals surface area contributed by atoms with Gasteiger partial charge >= 0.3 is 0 Å². The van der Waals surface area contributed by atoms with Gasteiger partial charge in [-0.1, -0.05) is 46.8 Å². The SMILES string of the molecule is O=C(Nc1nnc(SCc2ccc(Cl)cc2)s1)c1ccc2nccnc2c1. The number of nitrogens with one attached hydrogen (secondary N) is 1. The molecule has 0 spiro atoms. The van der Waals surface area contributed by atoms with E-state index in [9.17, 15) is 4.79 Å². The van der Waals surface area contributed by atoms with E-state index in [0.29, 0.717) is 21.2 Å². The Kier molecular flexibility index (Phi) is 5.28. The number of carbonyl (C=O) groups excluding carboxylic acids is 1. The van der Waals surface area contributed by atoms with Crippen molar-refractivity contribution in [2.75, 3.05) is 5.32 Å². The van der Waals surface area contributed by atoms with Crippen LogP contribution in [0.1, 0.15) is 15.9 Å². The maximum absolute atomic E-state index is 12.4. The van der Waals surface area contributed by atoms with Crippen LogP contribution >= 0.6 is 34.7 Å². The number of amides is 1. The highest BCUT2D eigenvalue weighted by Gasteiger charge is 2.12. The number of nitrogens with zero attached hydrogens (tertiary/aromatic N) is 4. The van der Waals surface area contributed by atoms with E-state index >= 15 is 0 Å². The number of benzene rings is 2. The summed E-state index contributed by atoms with van der Waals surface area (Å²) in [5.74, 6) is 0.497. The Balaban J connectivity index is 1.40. The van der Waals surface area contributed by atoms with Gasteiger partial charge in [-0.3, -0.25) is 20.1 Å². The number of thioether (sulfide) groups is 1. The predicted molar refractivity (Wildman–Crippen MR) is 108 cm³/mol. The number of carbonyl (C=O) groups is 1. The van der Waals surface area contributed by atoms with E-state index in [1.54, 1.807) is 42.4 Å². The van der Waals surface area contributed by atoms with Crippen LogP contribution in [-0.4, -0.2) is 26.1 Å². The van der Waals surface area contributed by atoms with Gasteiger partial charge < -0.3 is 0 Å². The molecule has 0 unspecified atom stereocenters. The van der Waals surface area contributed by atoms with Crippen molar-refractivity contribution < 1.29 is 4.79 Å². The van der Waals surface area contributed by atoms with Crippen LogP contribution in [0, 0.1) is 0 Å². The summed E-state index contributed by atoms with van der Waals surface area (Å²) >= 11 is 8.78. The average Bonchev–Trinajstić information content (AvgIpc) is 3.14. The first-order valence-electron chi connectivity index (χ1n) is 7.90. The number of halogens is 1.